The molecule has 0 amide bonds. The number of nitrogens with one attached hydrogen (secondary N) is 1. The maximum atomic E-state index is 9.80. The number of hydrogen-bond donors (Lipinski definition) is 3. The number of aliphatic hydroxyl groups is 2. The molecule has 0 aromatic heterocycles. The number of rotatable bonds is 9. The Labute approximate surface area is 99.7 Å². The van der Waals surface area contributed by atoms with Gasteiger partial charge in [0.15, 0.2) is 0 Å². The van der Waals surface area contributed by atoms with Crippen molar-refractivity contribution in [3.8, 4) is 0 Å². The van der Waals surface area contributed by atoms with Crippen molar-refractivity contribution in [2.24, 2.45) is 0 Å². The Morgan fingerprint density at radius 3 is 2.12 bits per heavy atom. The molecule has 0 bridgehead atoms. The molecule has 98 valence electrons. The van der Waals surface area contributed by atoms with Crippen molar-refractivity contribution in [1.29, 1.82) is 0 Å². The van der Waals surface area contributed by atoms with Gasteiger partial charge in [-0.25, -0.2) is 0 Å². The minimum atomic E-state index is -0.337. The van der Waals surface area contributed by atoms with Crippen LogP contribution < -0.4 is 5.32 Å². The second-order valence-corrected chi connectivity index (χ2v) is 4.53. The summed E-state index contributed by atoms with van der Waals surface area (Å²) in [5.41, 5.74) is 0. The van der Waals surface area contributed by atoms with Gasteiger partial charge in [-0.1, -0.05) is 13.8 Å². The Morgan fingerprint density at radius 2 is 1.69 bits per heavy atom. The van der Waals surface area contributed by atoms with E-state index < -0.39 is 0 Å². The molecular formula is C12H28N2O2. The highest BCUT2D eigenvalue weighted by Gasteiger charge is 2.11. The van der Waals surface area contributed by atoms with Gasteiger partial charge in [-0.3, -0.25) is 0 Å². The molecule has 0 aromatic carbocycles. The van der Waals surface area contributed by atoms with Crippen LogP contribution >= 0.6 is 0 Å². The molecule has 0 saturated heterocycles. The zero-order valence-corrected chi connectivity index (χ0v) is 11.1. The molecule has 0 rings (SSSR count). The van der Waals surface area contributed by atoms with Crippen LogP contribution in [-0.4, -0.2) is 59.5 Å². The SMILES string of the molecule is CCN(CC)CC(O)CNC(C)CC(C)O. The van der Waals surface area contributed by atoms with Crippen LogP contribution in [0.25, 0.3) is 0 Å². The smallest absolute Gasteiger partial charge is 0.0791 e. The van der Waals surface area contributed by atoms with Crippen LogP contribution in [0.1, 0.15) is 34.1 Å². The monoisotopic (exact) mass is 232 g/mol. The second-order valence-electron chi connectivity index (χ2n) is 4.53. The second kappa shape index (κ2) is 8.93. The minimum absolute atomic E-state index is 0.242. The summed E-state index contributed by atoms with van der Waals surface area (Å²) in [7, 11) is 0. The fourth-order valence-electron chi connectivity index (χ4n) is 1.78. The lowest BCUT2D eigenvalue weighted by molar-refractivity contribution is 0.109. The lowest BCUT2D eigenvalue weighted by atomic mass is 10.1. The summed E-state index contributed by atoms with van der Waals surface area (Å²) in [6.45, 7) is 11.2. The summed E-state index contributed by atoms with van der Waals surface area (Å²) in [6.07, 6.45) is 0.0941. The highest BCUT2D eigenvalue weighted by atomic mass is 16.3. The summed E-state index contributed by atoms with van der Waals surface area (Å²) in [6, 6.07) is 0.242. The molecule has 0 fully saturated rings. The molecule has 0 aromatic rings. The van der Waals surface area contributed by atoms with Crippen LogP contribution in [0.4, 0.5) is 0 Å². The predicted octanol–water partition coefficient (Wildman–Crippen LogP) is 0.438. The molecule has 4 heteroatoms. The molecule has 3 unspecified atom stereocenters. The highest BCUT2D eigenvalue weighted by molar-refractivity contribution is 4.69. The van der Waals surface area contributed by atoms with Crippen molar-refractivity contribution in [1.82, 2.24) is 10.2 Å². The van der Waals surface area contributed by atoms with E-state index in [1.54, 1.807) is 6.92 Å². The number of aliphatic hydroxyl groups excluding tert-OH is 2. The molecule has 3 N–H and O–H groups in total. The Morgan fingerprint density at radius 1 is 1.12 bits per heavy atom. The van der Waals surface area contributed by atoms with Gasteiger partial charge in [0.2, 0.25) is 0 Å². The average Bonchev–Trinajstić information content (AvgIpc) is 2.22. The summed E-state index contributed by atoms with van der Waals surface area (Å²) in [5, 5.41) is 22.2. The average molecular weight is 232 g/mol. The zero-order chi connectivity index (χ0) is 12.6. The van der Waals surface area contributed by atoms with Gasteiger partial charge < -0.3 is 20.4 Å². The minimum Gasteiger partial charge on any atom is -0.393 e. The first kappa shape index (κ1) is 15.8. The van der Waals surface area contributed by atoms with E-state index in [-0.39, 0.29) is 18.2 Å². The molecule has 0 spiro atoms. The van der Waals surface area contributed by atoms with Gasteiger partial charge in [0, 0.05) is 19.1 Å². The topological polar surface area (TPSA) is 55.7 Å². The number of nitrogens with zero attached hydrogens (tertiary/aromatic N) is 1. The molecule has 0 aliphatic heterocycles. The molecule has 16 heavy (non-hydrogen) atoms. The van der Waals surface area contributed by atoms with Crippen molar-refractivity contribution in [2.45, 2.75) is 52.4 Å². The van der Waals surface area contributed by atoms with E-state index in [2.05, 4.69) is 24.1 Å². The van der Waals surface area contributed by atoms with Crippen LogP contribution in [0.5, 0.6) is 0 Å². The van der Waals surface area contributed by atoms with Crippen molar-refractivity contribution >= 4 is 0 Å². The Balaban J connectivity index is 3.67. The first-order valence-corrected chi connectivity index (χ1v) is 6.31. The molecule has 3 atom stereocenters. The maximum Gasteiger partial charge on any atom is 0.0791 e. The van der Waals surface area contributed by atoms with Gasteiger partial charge in [0.1, 0.15) is 0 Å². The maximum absolute atomic E-state index is 9.80. The Bertz CT molecular complexity index is 161. The van der Waals surface area contributed by atoms with Crippen LogP contribution in [-0.2, 0) is 0 Å². The van der Waals surface area contributed by atoms with Crippen molar-refractivity contribution in [3.63, 3.8) is 0 Å². The van der Waals surface area contributed by atoms with E-state index in [0.717, 1.165) is 19.5 Å². The Hall–Kier alpha value is -0.160. The van der Waals surface area contributed by atoms with E-state index in [4.69, 9.17) is 0 Å². The van der Waals surface area contributed by atoms with E-state index in [0.29, 0.717) is 13.1 Å². The molecule has 0 saturated carbocycles. The lowest BCUT2D eigenvalue weighted by Crippen LogP contribution is -2.41. The van der Waals surface area contributed by atoms with E-state index in [1.165, 1.54) is 0 Å². The van der Waals surface area contributed by atoms with Crippen LogP contribution in [0.3, 0.4) is 0 Å². The molecule has 0 aliphatic rings. The first-order valence-electron chi connectivity index (χ1n) is 6.31. The molecular weight excluding hydrogens is 204 g/mol. The van der Waals surface area contributed by atoms with Gasteiger partial charge in [-0.05, 0) is 33.4 Å². The van der Waals surface area contributed by atoms with E-state index in [1.807, 2.05) is 6.92 Å². The fraction of sp³-hybridized carbons (Fsp3) is 1.00. The third-order valence-electron chi connectivity index (χ3n) is 2.76. The lowest BCUT2D eigenvalue weighted by Gasteiger charge is -2.23. The van der Waals surface area contributed by atoms with Crippen molar-refractivity contribution < 1.29 is 10.2 Å². The van der Waals surface area contributed by atoms with Crippen LogP contribution in [0.2, 0.25) is 0 Å². The normalized spacial score (nSPS) is 17.4. The fourth-order valence-corrected chi connectivity index (χ4v) is 1.78. The Kier molecular flexibility index (Phi) is 8.84. The quantitative estimate of drug-likeness (QED) is 0.540. The highest BCUT2D eigenvalue weighted by Crippen LogP contribution is 1.97. The molecule has 0 aliphatic carbocycles. The summed E-state index contributed by atoms with van der Waals surface area (Å²) >= 11 is 0. The van der Waals surface area contributed by atoms with Crippen molar-refractivity contribution in [3.05, 3.63) is 0 Å². The molecule has 0 radical (unpaired) electrons. The summed E-state index contributed by atoms with van der Waals surface area (Å²) in [5.74, 6) is 0. The van der Waals surface area contributed by atoms with Crippen molar-refractivity contribution in [2.75, 3.05) is 26.2 Å². The number of hydrogen-bond acceptors (Lipinski definition) is 4. The zero-order valence-electron chi connectivity index (χ0n) is 11.1. The first-order chi connectivity index (χ1) is 7.49. The van der Waals surface area contributed by atoms with Gasteiger partial charge >= 0.3 is 0 Å². The van der Waals surface area contributed by atoms with Gasteiger partial charge in [-0.15, -0.1) is 0 Å². The largest absolute Gasteiger partial charge is 0.393 e. The third kappa shape index (κ3) is 8.05. The third-order valence-corrected chi connectivity index (χ3v) is 2.76. The summed E-state index contributed by atoms with van der Waals surface area (Å²) < 4.78 is 0. The van der Waals surface area contributed by atoms with E-state index in [9.17, 15) is 10.2 Å². The molecule has 4 nitrogen and oxygen atoms in total. The molecule has 0 heterocycles. The van der Waals surface area contributed by atoms with E-state index >= 15 is 0 Å². The van der Waals surface area contributed by atoms with Crippen LogP contribution in [0, 0.1) is 0 Å². The predicted molar refractivity (Wildman–Crippen MR) is 67.6 cm³/mol. The van der Waals surface area contributed by atoms with Gasteiger partial charge in [-0.2, -0.15) is 0 Å². The number of likely N-dealkylation sites (N-methyl/N-ethyl adjacent to an activating group) is 1. The van der Waals surface area contributed by atoms with Crippen LogP contribution in [0.15, 0.2) is 0 Å². The van der Waals surface area contributed by atoms with Gasteiger partial charge in [0.05, 0.1) is 12.2 Å². The standard InChI is InChI=1S/C12H28N2O2/c1-5-14(6-2)9-12(16)8-13-10(3)7-11(4)15/h10-13,15-16H,5-9H2,1-4H3. The van der Waals surface area contributed by atoms with Gasteiger partial charge in [0.25, 0.3) is 0 Å². The summed E-state index contributed by atoms with van der Waals surface area (Å²) in [4.78, 5) is 2.20.